The molecule has 1 atom stereocenters. The fourth-order valence-corrected chi connectivity index (χ4v) is 4.83. The normalized spacial score (nSPS) is 12.6. The molecule has 0 fully saturated rings. The summed E-state index contributed by atoms with van der Waals surface area (Å²) in [5.74, 6) is 0. The Morgan fingerprint density at radius 3 is 1.06 bits per heavy atom. The summed E-state index contributed by atoms with van der Waals surface area (Å²) in [6.07, 6.45) is 27.9. The van der Waals surface area contributed by atoms with Crippen LogP contribution in [0.2, 0.25) is 0 Å². The Balaban J connectivity index is 0. The molecular formula is C26H53NaO4S. The van der Waals surface area contributed by atoms with Gasteiger partial charge in [0, 0.05) is 0 Å². The van der Waals surface area contributed by atoms with Crippen LogP contribution in [0.1, 0.15) is 162 Å². The molecule has 0 heterocycles. The van der Waals surface area contributed by atoms with E-state index in [9.17, 15) is 13.0 Å². The van der Waals surface area contributed by atoms with Crippen molar-refractivity contribution in [3.05, 3.63) is 0 Å². The van der Waals surface area contributed by atoms with Gasteiger partial charge in [-0.2, -0.15) is 0 Å². The molecule has 1 unspecified atom stereocenters. The monoisotopic (exact) mass is 484 g/mol. The Bertz CT molecular complexity index is 457. The molecule has 0 amide bonds. The molecule has 0 aliphatic heterocycles. The Kier molecular flexibility index (Phi) is 29.0. The summed E-state index contributed by atoms with van der Waals surface area (Å²) < 4.78 is 37.6. The average molecular weight is 485 g/mol. The van der Waals surface area contributed by atoms with Gasteiger partial charge in [0.05, 0.1) is 6.10 Å². The second-order valence-electron chi connectivity index (χ2n) is 9.42. The molecule has 0 aromatic carbocycles. The van der Waals surface area contributed by atoms with Crippen LogP contribution in [0.5, 0.6) is 0 Å². The third-order valence-electron chi connectivity index (χ3n) is 6.26. The standard InChI is InChI=1S/C26H54O4S.Na/c1-3-5-7-9-10-11-12-13-14-15-16-17-18-19-20-21-23-25-26(30-31(27,28)29)24-22-8-6-4-2;/h26H,3-25H2,1-2H3,(H,27,28,29);/q;+1/p-1. The molecule has 0 radical (unpaired) electrons. The van der Waals surface area contributed by atoms with Crippen molar-refractivity contribution in [2.24, 2.45) is 0 Å². The van der Waals surface area contributed by atoms with Gasteiger partial charge in [-0.15, -0.1) is 0 Å². The minimum Gasteiger partial charge on any atom is -0.726 e. The maximum absolute atomic E-state index is 10.9. The van der Waals surface area contributed by atoms with Crippen molar-refractivity contribution in [2.75, 3.05) is 0 Å². The van der Waals surface area contributed by atoms with E-state index in [0.717, 1.165) is 38.5 Å². The zero-order valence-corrected chi connectivity index (χ0v) is 24.7. The number of unbranched alkanes of at least 4 members (excludes halogenated alkanes) is 19. The molecule has 4 nitrogen and oxygen atoms in total. The van der Waals surface area contributed by atoms with Crippen LogP contribution in [0.15, 0.2) is 0 Å². The van der Waals surface area contributed by atoms with E-state index >= 15 is 0 Å². The van der Waals surface area contributed by atoms with Gasteiger partial charge in [0.25, 0.3) is 0 Å². The Labute approximate surface area is 223 Å². The van der Waals surface area contributed by atoms with Gasteiger partial charge in [-0.1, -0.05) is 149 Å². The van der Waals surface area contributed by atoms with Crippen LogP contribution < -0.4 is 29.6 Å². The zero-order valence-electron chi connectivity index (χ0n) is 21.9. The first-order chi connectivity index (χ1) is 15.0. The predicted molar refractivity (Wildman–Crippen MR) is 132 cm³/mol. The van der Waals surface area contributed by atoms with Gasteiger partial charge in [-0.05, 0) is 12.8 Å². The summed E-state index contributed by atoms with van der Waals surface area (Å²) in [7, 11) is -4.59. The second kappa shape index (κ2) is 26.5. The molecule has 0 aromatic rings. The summed E-state index contributed by atoms with van der Waals surface area (Å²) in [6.45, 7) is 4.42. The van der Waals surface area contributed by atoms with Gasteiger partial charge in [0.15, 0.2) is 0 Å². The Morgan fingerprint density at radius 2 is 0.781 bits per heavy atom. The van der Waals surface area contributed by atoms with E-state index in [0.29, 0.717) is 12.8 Å². The van der Waals surface area contributed by atoms with Crippen molar-refractivity contribution in [3.63, 3.8) is 0 Å². The molecule has 32 heavy (non-hydrogen) atoms. The van der Waals surface area contributed by atoms with E-state index in [1.165, 1.54) is 96.3 Å². The summed E-state index contributed by atoms with van der Waals surface area (Å²) in [4.78, 5) is 0. The van der Waals surface area contributed by atoms with Gasteiger partial charge >= 0.3 is 29.6 Å². The van der Waals surface area contributed by atoms with Gasteiger partial charge in [-0.25, -0.2) is 8.42 Å². The fourth-order valence-electron chi connectivity index (χ4n) is 4.30. The summed E-state index contributed by atoms with van der Waals surface area (Å²) in [6, 6.07) is 0. The minimum absolute atomic E-state index is 0. The predicted octanol–water partition coefficient (Wildman–Crippen LogP) is 5.85. The average Bonchev–Trinajstić information content (AvgIpc) is 2.72. The van der Waals surface area contributed by atoms with E-state index in [-0.39, 0.29) is 29.6 Å². The first-order valence-corrected chi connectivity index (χ1v) is 15.0. The zero-order chi connectivity index (χ0) is 23.0. The van der Waals surface area contributed by atoms with Crippen molar-refractivity contribution < 1.29 is 46.7 Å². The van der Waals surface area contributed by atoms with Crippen LogP contribution in [0, 0.1) is 0 Å². The van der Waals surface area contributed by atoms with E-state index in [1.807, 2.05) is 0 Å². The Morgan fingerprint density at radius 1 is 0.531 bits per heavy atom. The second-order valence-corrected chi connectivity index (χ2v) is 10.4. The smallest absolute Gasteiger partial charge is 0.726 e. The third kappa shape index (κ3) is 28.9. The van der Waals surface area contributed by atoms with Crippen LogP contribution in [-0.2, 0) is 14.6 Å². The van der Waals surface area contributed by atoms with E-state index in [4.69, 9.17) is 4.18 Å². The molecule has 0 N–H and O–H groups in total. The van der Waals surface area contributed by atoms with Crippen molar-refractivity contribution in [3.8, 4) is 0 Å². The van der Waals surface area contributed by atoms with Gasteiger partial charge in [0.2, 0.25) is 10.4 Å². The molecule has 0 saturated heterocycles. The number of rotatable bonds is 25. The molecule has 0 rings (SSSR count). The maximum atomic E-state index is 10.9. The van der Waals surface area contributed by atoms with Crippen LogP contribution in [0.25, 0.3) is 0 Å². The number of hydrogen-bond acceptors (Lipinski definition) is 4. The van der Waals surface area contributed by atoms with Crippen LogP contribution >= 0.6 is 0 Å². The molecule has 0 aliphatic carbocycles. The van der Waals surface area contributed by atoms with Crippen LogP contribution in [-0.4, -0.2) is 19.1 Å². The quantitative estimate of drug-likeness (QED) is 0.0706. The molecule has 0 saturated carbocycles. The minimum atomic E-state index is -4.59. The molecule has 0 aromatic heterocycles. The van der Waals surface area contributed by atoms with Crippen LogP contribution in [0.4, 0.5) is 0 Å². The van der Waals surface area contributed by atoms with E-state index in [1.54, 1.807) is 0 Å². The van der Waals surface area contributed by atoms with Crippen LogP contribution in [0.3, 0.4) is 0 Å². The largest absolute Gasteiger partial charge is 1.00 e. The molecule has 0 bridgehead atoms. The fraction of sp³-hybridized carbons (Fsp3) is 1.00. The van der Waals surface area contributed by atoms with Crippen molar-refractivity contribution in [1.29, 1.82) is 0 Å². The maximum Gasteiger partial charge on any atom is 1.00 e. The number of hydrogen-bond donors (Lipinski definition) is 0. The molecule has 6 heteroatoms. The first-order valence-electron chi connectivity index (χ1n) is 13.6. The topological polar surface area (TPSA) is 66.4 Å². The third-order valence-corrected chi connectivity index (χ3v) is 6.77. The van der Waals surface area contributed by atoms with Crippen molar-refractivity contribution in [2.45, 2.75) is 168 Å². The van der Waals surface area contributed by atoms with E-state index in [2.05, 4.69) is 13.8 Å². The van der Waals surface area contributed by atoms with Crippen molar-refractivity contribution in [1.82, 2.24) is 0 Å². The molecule has 188 valence electrons. The summed E-state index contributed by atoms with van der Waals surface area (Å²) in [5, 5.41) is 0. The molecule has 0 aliphatic rings. The first kappa shape index (κ1) is 35.0. The van der Waals surface area contributed by atoms with Gasteiger partial charge in [-0.3, -0.25) is 4.18 Å². The molecular weight excluding hydrogens is 431 g/mol. The summed E-state index contributed by atoms with van der Waals surface area (Å²) in [5.41, 5.74) is 0. The molecule has 0 spiro atoms. The van der Waals surface area contributed by atoms with E-state index < -0.39 is 16.5 Å². The van der Waals surface area contributed by atoms with Gasteiger partial charge < -0.3 is 4.55 Å². The van der Waals surface area contributed by atoms with Crippen molar-refractivity contribution >= 4 is 10.4 Å². The summed E-state index contributed by atoms with van der Waals surface area (Å²) >= 11 is 0. The van der Waals surface area contributed by atoms with Gasteiger partial charge in [0.1, 0.15) is 0 Å². The Hall–Kier alpha value is 0.870. The SMILES string of the molecule is CCCCCCCCCCCCCCCCCCCC(CCCCCC)OS(=O)(=O)[O-].[Na+].